The molecule has 2 aromatic carbocycles. The Morgan fingerprint density at radius 2 is 1.66 bits per heavy atom. The summed E-state index contributed by atoms with van der Waals surface area (Å²) in [6.07, 6.45) is 1.57. The molecule has 0 aliphatic carbocycles. The van der Waals surface area contributed by atoms with E-state index in [0.29, 0.717) is 17.1 Å². The second-order valence-corrected chi connectivity index (χ2v) is 6.70. The predicted molar refractivity (Wildman–Crippen MR) is 114 cm³/mol. The van der Waals surface area contributed by atoms with Crippen molar-refractivity contribution in [1.82, 2.24) is 5.43 Å². The normalized spacial score (nSPS) is 10.7. The van der Waals surface area contributed by atoms with Crippen molar-refractivity contribution in [2.24, 2.45) is 5.10 Å². The summed E-state index contributed by atoms with van der Waals surface area (Å²) < 4.78 is 10.5. The molecule has 7 heteroatoms. The zero-order chi connectivity index (χ0) is 21.4. The number of methoxy groups -OCH3 is 2. The third kappa shape index (κ3) is 6.07. The Hall–Kier alpha value is -3.35. The minimum Gasteiger partial charge on any atom is -0.493 e. The highest BCUT2D eigenvalue weighted by Crippen LogP contribution is 2.29. The Kier molecular flexibility index (Phi) is 7.77. The monoisotopic (exact) mass is 397 g/mol. The molecule has 2 aromatic rings. The van der Waals surface area contributed by atoms with E-state index in [1.165, 1.54) is 13.3 Å². The van der Waals surface area contributed by atoms with Gasteiger partial charge >= 0.3 is 0 Å². The fourth-order valence-electron chi connectivity index (χ4n) is 3.05. The molecule has 154 valence electrons. The zero-order valence-corrected chi connectivity index (χ0v) is 17.5. The van der Waals surface area contributed by atoms with Crippen LogP contribution in [0, 0.1) is 20.8 Å². The number of hydrazone groups is 1. The number of hydrogen-bond acceptors (Lipinski definition) is 5. The highest BCUT2D eigenvalue weighted by atomic mass is 16.5. The summed E-state index contributed by atoms with van der Waals surface area (Å²) in [4.78, 5) is 24.2. The first kappa shape index (κ1) is 21.9. The van der Waals surface area contributed by atoms with Crippen molar-refractivity contribution in [1.29, 1.82) is 0 Å². The average Bonchev–Trinajstić information content (AvgIpc) is 2.68. The van der Waals surface area contributed by atoms with Gasteiger partial charge in [0.05, 0.1) is 20.4 Å². The molecule has 0 aliphatic rings. The maximum absolute atomic E-state index is 12.2. The number of ether oxygens (including phenoxy) is 2. The van der Waals surface area contributed by atoms with Gasteiger partial charge < -0.3 is 14.8 Å². The Morgan fingerprint density at radius 3 is 2.28 bits per heavy atom. The summed E-state index contributed by atoms with van der Waals surface area (Å²) in [6.45, 7) is 5.91. The van der Waals surface area contributed by atoms with Crippen LogP contribution < -0.4 is 20.2 Å². The topological polar surface area (TPSA) is 89.0 Å². The van der Waals surface area contributed by atoms with Crippen LogP contribution in [0.4, 0.5) is 5.69 Å². The van der Waals surface area contributed by atoms with Crippen LogP contribution in [0.3, 0.4) is 0 Å². The lowest BCUT2D eigenvalue weighted by Gasteiger charge is -2.12. The molecule has 2 N–H and O–H groups in total. The van der Waals surface area contributed by atoms with Crippen LogP contribution in [-0.4, -0.2) is 32.2 Å². The highest BCUT2D eigenvalue weighted by Gasteiger charge is 2.11. The number of aryl methyl sites for hydroxylation is 3. The van der Waals surface area contributed by atoms with Gasteiger partial charge in [-0.2, -0.15) is 5.10 Å². The van der Waals surface area contributed by atoms with Gasteiger partial charge in [0.15, 0.2) is 11.5 Å². The first-order chi connectivity index (χ1) is 13.8. The third-order valence-electron chi connectivity index (χ3n) is 4.35. The van der Waals surface area contributed by atoms with Gasteiger partial charge in [0.25, 0.3) is 0 Å². The largest absolute Gasteiger partial charge is 0.493 e. The number of carbonyl (C=O) groups excluding carboxylic acids is 2. The Morgan fingerprint density at radius 1 is 1.00 bits per heavy atom. The number of hydrogen-bond donors (Lipinski definition) is 2. The molecule has 0 heterocycles. The molecular formula is C22H27N3O4. The number of amides is 2. The van der Waals surface area contributed by atoms with Gasteiger partial charge in [-0.25, -0.2) is 5.43 Å². The molecule has 7 nitrogen and oxygen atoms in total. The fourth-order valence-corrected chi connectivity index (χ4v) is 3.05. The van der Waals surface area contributed by atoms with Crippen molar-refractivity contribution in [3.05, 3.63) is 52.6 Å². The van der Waals surface area contributed by atoms with Crippen LogP contribution in [0.5, 0.6) is 11.5 Å². The van der Waals surface area contributed by atoms with E-state index in [4.69, 9.17) is 9.47 Å². The Bertz CT molecular complexity index is 899. The molecule has 0 saturated heterocycles. The smallest absolute Gasteiger partial charge is 0.240 e. The van der Waals surface area contributed by atoms with Crippen molar-refractivity contribution in [3.8, 4) is 11.5 Å². The quantitative estimate of drug-likeness (QED) is 0.527. The van der Waals surface area contributed by atoms with E-state index >= 15 is 0 Å². The van der Waals surface area contributed by atoms with Crippen molar-refractivity contribution in [3.63, 3.8) is 0 Å². The van der Waals surface area contributed by atoms with Gasteiger partial charge in [0.2, 0.25) is 11.8 Å². The molecule has 2 amide bonds. The maximum Gasteiger partial charge on any atom is 0.240 e. The van der Waals surface area contributed by atoms with E-state index in [9.17, 15) is 9.59 Å². The molecule has 0 aliphatic heterocycles. The second kappa shape index (κ2) is 10.3. The first-order valence-electron chi connectivity index (χ1n) is 9.26. The Labute approximate surface area is 171 Å². The zero-order valence-electron chi connectivity index (χ0n) is 17.5. The van der Waals surface area contributed by atoms with Gasteiger partial charge in [-0.1, -0.05) is 23.8 Å². The number of anilines is 1. The van der Waals surface area contributed by atoms with Crippen molar-refractivity contribution in [2.45, 2.75) is 33.6 Å². The molecule has 0 atom stereocenters. The van der Waals surface area contributed by atoms with Crippen molar-refractivity contribution >= 4 is 23.7 Å². The second-order valence-electron chi connectivity index (χ2n) is 6.70. The van der Waals surface area contributed by atoms with Gasteiger partial charge in [-0.05, 0) is 44.0 Å². The molecule has 0 bridgehead atoms. The van der Waals surface area contributed by atoms with Gasteiger partial charge in [0, 0.05) is 24.1 Å². The molecule has 0 unspecified atom stereocenters. The third-order valence-corrected chi connectivity index (χ3v) is 4.35. The summed E-state index contributed by atoms with van der Waals surface area (Å²) in [5.41, 5.74) is 7.02. The summed E-state index contributed by atoms with van der Waals surface area (Å²) in [5.74, 6) is 0.529. The van der Waals surface area contributed by atoms with Crippen LogP contribution in [0.15, 0.2) is 35.4 Å². The lowest BCUT2D eigenvalue weighted by atomic mass is 10.0. The minimum atomic E-state index is -0.351. The standard InChI is InChI=1S/C22H27N3O4/c1-14-11-15(2)21(16(3)12-14)24-19(26)9-10-20(27)25-23-13-17-7-6-8-18(28-4)22(17)29-5/h6-8,11-13H,9-10H2,1-5H3,(H,24,26)(H,25,27)/b23-13+. The molecule has 2 rings (SSSR count). The van der Waals surface area contributed by atoms with Crippen LogP contribution in [0.25, 0.3) is 0 Å². The fraction of sp³-hybridized carbons (Fsp3) is 0.318. The van der Waals surface area contributed by atoms with Crippen LogP contribution in [0.1, 0.15) is 35.1 Å². The van der Waals surface area contributed by atoms with Crippen molar-refractivity contribution in [2.75, 3.05) is 19.5 Å². The van der Waals surface area contributed by atoms with Crippen LogP contribution in [0.2, 0.25) is 0 Å². The first-order valence-corrected chi connectivity index (χ1v) is 9.26. The molecule has 0 spiro atoms. The predicted octanol–water partition coefficient (Wildman–Crippen LogP) is 3.50. The number of carbonyl (C=O) groups is 2. The SMILES string of the molecule is COc1cccc(/C=N/NC(=O)CCC(=O)Nc2c(C)cc(C)cc2C)c1OC. The van der Waals surface area contributed by atoms with Gasteiger partial charge in [-0.15, -0.1) is 0 Å². The summed E-state index contributed by atoms with van der Waals surface area (Å²) in [5, 5.41) is 6.82. The number of rotatable bonds is 8. The van der Waals surface area contributed by atoms with E-state index in [-0.39, 0.29) is 24.7 Å². The number of para-hydroxylation sites is 1. The number of nitrogens with zero attached hydrogens (tertiary/aromatic N) is 1. The van der Waals surface area contributed by atoms with E-state index < -0.39 is 0 Å². The highest BCUT2D eigenvalue weighted by molar-refractivity contribution is 5.94. The minimum absolute atomic E-state index is 0.0301. The van der Waals surface area contributed by atoms with E-state index in [2.05, 4.69) is 15.8 Å². The summed E-state index contributed by atoms with van der Waals surface area (Å²) in [7, 11) is 3.08. The maximum atomic E-state index is 12.2. The molecular weight excluding hydrogens is 370 g/mol. The molecule has 0 aromatic heterocycles. The van der Waals surface area contributed by atoms with Crippen molar-refractivity contribution < 1.29 is 19.1 Å². The van der Waals surface area contributed by atoms with Gasteiger partial charge in [0.1, 0.15) is 0 Å². The lowest BCUT2D eigenvalue weighted by Crippen LogP contribution is -2.21. The number of nitrogens with one attached hydrogen (secondary N) is 2. The molecule has 0 saturated carbocycles. The lowest BCUT2D eigenvalue weighted by molar-refractivity contribution is -0.124. The summed E-state index contributed by atoms with van der Waals surface area (Å²) >= 11 is 0. The molecule has 29 heavy (non-hydrogen) atoms. The molecule has 0 fully saturated rings. The van der Waals surface area contributed by atoms with E-state index in [1.807, 2.05) is 32.9 Å². The Balaban J connectivity index is 1.88. The van der Waals surface area contributed by atoms with E-state index in [1.54, 1.807) is 25.3 Å². The van der Waals surface area contributed by atoms with Crippen LogP contribution >= 0.6 is 0 Å². The number of benzene rings is 2. The summed E-state index contributed by atoms with van der Waals surface area (Å²) in [6, 6.07) is 9.37. The van der Waals surface area contributed by atoms with Gasteiger partial charge in [-0.3, -0.25) is 9.59 Å². The molecule has 0 radical (unpaired) electrons. The van der Waals surface area contributed by atoms with E-state index in [0.717, 1.165) is 22.4 Å². The van der Waals surface area contributed by atoms with Crippen LogP contribution in [-0.2, 0) is 9.59 Å². The average molecular weight is 397 g/mol.